The molecule has 0 aromatic heterocycles. The van der Waals surface area contributed by atoms with Crippen LogP contribution in [0.15, 0.2) is 78.9 Å². The lowest BCUT2D eigenvalue weighted by atomic mass is 9.93. The van der Waals surface area contributed by atoms with Gasteiger partial charge in [0.25, 0.3) is 0 Å². The summed E-state index contributed by atoms with van der Waals surface area (Å²) in [7, 11) is 0. The number of rotatable bonds is 7. The van der Waals surface area contributed by atoms with Crippen LogP contribution >= 0.6 is 0 Å². The predicted octanol–water partition coefficient (Wildman–Crippen LogP) is 5.72. The molecule has 0 saturated carbocycles. The Kier molecular flexibility index (Phi) is 6.91. The van der Waals surface area contributed by atoms with Crippen LogP contribution in [0.3, 0.4) is 0 Å². The van der Waals surface area contributed by atoms with Crippen LogP contribution < -0.4 is 0 Å². The van der Waals surface area contributed by atoms with Crippen molar-refractivity contribution < 1.29 is 14.7 Å². The highest BCUT2D eigenvalue weighted by molar-refractivity contribution is 6.09. The number of carbonyl (C=O) groups excluding carboxylic acids is 2. The van der Waals surface area contributed by atoms with Crippen LogP contribution in [0, 0.1) is 0 Å². The van der Waals surface area contributed by atoms with Gasteiger partial charge in [-0.2, -0.15) is 0 Å². The van der Waals surface area contributed by atoms with E-state index in [0.717, 1.165) is 11.1 Å². The summed E-state index contributed by atoms with van der Waals surface area (Å²) in [5.74, 6) is -0.253. The van der Waals surface area contributed by atoms with Crippen LogP contribution in [0.1, 0.15) is 66.7 Å². The van der Waals surface area contributed by atoms with Gasteiger partial charge in [-0.3, -0.25) is 9.59 Å². The first kappa shape index (κ1) is 22.3. The highest BCUT2D eigenvalue weighted by Crippen LogP contribution is 2.29. The van der Waals surface area contributed by atoms with Crippen LogP contribution in [-0.2, 0) is 4.79 Å². The molecule has 1 amide bonds. The number of aromatic hydroxyl groups is 1. The second-order valence-corrected chi connectivity index (χ2v) is 8.15. The Morgan fingerprint density at radius 3 is 1.97 bits per heavy atom. The molecule has 0 saturated heterocycles. The first-order valence-corrected chi connectivity index (χ1v) is 10.6. The lowest BCUT2D eigenvalue weighted by Crippen LogP contribution is -2.41. The lowest BCUT2D eigenvalue weighted by molar-refractivity contribution is -0.136. The molecule has 0 heterocycles. The summed E-state index contributed by atoms with van der Waals surface area (Å²) in [5.41, 5.74) is 2.98. The molecule has 3 aromatic carbocycles. The molecule has 31 heavy (non-hydrogen) atoms. The minimum Gasteiger partial charge on any atom is -0.508 e. The van der Waals surface area contributed by atoms with Crippen LogP contribution in [0.25, 0.3) is 0 Å². The van der Waals surface area contributed by atoms with E-state index >= 15 is 0 Å². The standard InChI is InChI=1S/C27H29NO3/c1-18(2)28(20(4)21-13-15-25(29)16-14-21)27(31)19(3)23-11-8-12-24(17-23)26(30)22-9-6-5-7-10-22/h5-20,29H,1-4H3/t19-,20-/m0/s1. The summed E-state index contributed by atoms with van der Waals surface area (Å²) < 4.78 is 0. The summed E-state index contributed by atoms with van der Waals surface area (Å²) in [5, 5.41) is 9.58. The summed E-state index contributed by atoms with van der Waals surface area (Å²) in [6, 6.07) is 23.3. The first-order valence-electron chi connectivity index (χ1n) is 10.6. The van der Waals surface area contributed by atoms with E-state index in [4.69, 9.17) is 0 Å². The molecular formula is C27H29NO3. The molecule has 0 fully saturated rings. The molecule has 3 rings (SSSR count). The Morgan fingerprint density at radius 2 is 1.35 bits per heavy atom. The monoisotopic (exact) mass is 415 g/mol. The topological polar surface area (TPSA) is 57.6 Å². The zero-order valence-electron chi connectivity index (χ0n) is 18.4. The predicted molar refractivity (Wildman–Crippen MR) is 123 cm³/mol. The van der Waals surface area contributed by atoms with E-state index in [1.165, 1.54) is 0 Å². The van der Waals surface area contributed by atoms with E-state index in [1.54, 1.807) is 30.3 Å². The third-order valence-electron chi connectivity index (χ3n) is 5.66. The Morgan fingerprint density at radius 1 is 0.742 bits per heavy atom. The number of nitrogens with zero attached hydrogens (tertiary/aromatic N) is 1. The average Bonchev–Trinajstić information content (AvgIpc) is 2.79. The fourth-order valence-corrected chi connectivity index (χ4v) is 3.88. The number of phenols is 1. The summed E-state index contributed by atoms with van der Waals surface area (Å²) in [6.07, 6.45) is 0. The number of phenolic OH excluding ortho intramolecular Hbond substituents is 1. The normalized spacial score (nSPS) is 12.9. The maximum atomic E-state index is 13.5. The Balaban J connectivity index is 1.86. The summed E-state index contributed by atoms with van der Waals surface area (Å²) in [4.78, 5) is 28.2. The van der Waals surface area contributed by atoms with Gasteiger partial charge < -0.3 is 10.0 Å². The fraction of sp³-hybridized carbons (Fsp3) is 0.259. The molecule has 0 bridgehead atoms. The number of amides is 1. The van der Waals surface area contributed by atoms with E-state index in [0.29, 0.717) is 11.1 Å². The van der Waals surface area contributed by atoms with Gasteiger partial charge in [0.05, 0.1) is 12.0 Å². The lowest BCUT2D eigenvalue weighted by Gasteiger charge is -2.35. The van der Waals surface area contributed by atoms with Gasteiger partial charge in [-0.05, 0) is 57.0 Å². The van der Waals surface area contributed by atoms with Crippen molar-refractivity contribution in [2.24, 2.45) is 0 Å². The number of benzene rings is 3. The number of hydrogen-bond acceptors (Lipinski definition) is 3. The zero-order valence-corrected chi connectivity index (χ0v) is 18.4. The molecule has 1 N–H and O–H groups in total. The second kappa shape index (κ2) is 9.61. The van der Waals surface area contributed by atoms with Gasteiger partial charge in [0, 0.05) is 17.2 Å². The van der Waals surface area contributed by atoms with Gasteiger partial charge in [-0.25, -0.2) is 0 Å². The molecule has 0 spiro atoms. The maximum Gasteiger partial charge on any atom is 0.230 e. The molecule has 0 aliphatic heterocycles. The summed E-state index contributed by atoms with van der Waals surface area (Å²) in [6.45, 7) is 7.87. The van der Waals surface area contributed by atoms with Crippen molar-refractivity contribution in [2.75, 3.05) is 0 Å². The highest BCUT2D eigenvalue weighted by atomic mass is 16.3. The van der Waals surface area contributed by atoms with E-state index in [1.807, 2.05) is 81.1 Å². The van der Waals surface area contributed by atoms with Gasteiger partial charge in [0.1, 0.15) is 5.75 Å². The average molecular weight is 416 g/mol. The van der Waals surface area contributed by atoms with Crippen molar-refractivity contribution in [3.63, 3.8) is 0 Å². The molecule has 2 atom stereocenters. The van der Waals surface area contributed by atoms with Crippen LogP contribution in [0.5, 0.6) is 5.75 Å². The molecule has 4 heteroatoms. The first-order chi connectivity index (χ1) is 14.8. The van der Waals surface area contributed by atoms with Crippen LogP contribution in [0.2, 0.25) is 0 Å². The van der Waals surface area contributed by atoms with Gasteiger partial charge >= 0.3 is 0 Å². The Labute approximate surface area is 184 Å². The molecule has 0 aliphatic carbocycles. The third-order valence-corrected chi connectivity index (χ3v) is 5.66. The van der Waals surface area contributed by atoms with Crippen molar-refractivity contribution in [1.82, 2.24) is 4.90 Å². The van der Waals surface area contributed by atoms with Crippen molar-refractivity contribution in [2.45, 2.75) is 45.7 Å². The smallest absolute Gasteiger partial charge is 0.230 e. The minimum atomic E-state index is -0.398. The highest BCUT2D eigenvalue weighted by Gasteiger charge is 2.29. The zero-order chi connectivity index (χ0) is 22.5. The molecule has 160 valence electrons. The molecule has 0 aliphatic rings. The number of carbonyl (C=O) groups is 2. The van der Waals surface area contributed by atoms with E-state index in [-0.39, 0.29) is 29.5 Å². The van der Waals surface area contributed by atoms with E-state index < -0.39 is 5.92 Å². The largest absolute Gasteiger partial charge is 0.508 e. The van der Waals surface area contributed by atoms with Gasteiger partial charge in [0.2, 0.25) is 5.91 Å². The van der Waals surface area contributed by atoms with Gasteiger partial charge in [-0.1, -0.05) is 60.7 Å². The van der Waals surface area contributed by atoms with Crippen LogP contribution in [-0.4, -0.2) is 27.7 Å². The second-order valence-electron chi connectivity index (χ2n) is 8.15. The molecule has 3 aromatic rings. The van der Waals surface area contributed by atoms with Crippen molar-refractivity contribution in [1.29, 1.82) is 0 Å². The van der Waals surface area contributed by atoms with Gasteiger partial charge in [0.15, 0.2) is 5.78 Å². The quantitative estimate of drug-likeness (QED) is 0.502. The Hall–Kier alpha value is -3.40. The summed E-state index contributed by atoms with van der Waals surface area (Å²) >= 11 is 0. The maximum absolute atomic E-state index is 13.5. The van der Waals surface area contributed by atoms with Crippen LogP contribution in [0.4, 0.5) is 0 Å². The molecule has 0 radical (unpaired) electrons. The molecule has 0 unspecified atom stereocenters. The Bertz CT molecular complexity index is 1040. The fourth-order valence-electron chi connectivity index (χ4n) is 3.88. The molecule has 4 nitrogen and oxygen atoms in total. The van der Waals surface area contributed by atoms with Crippen molar-refractivity contribution in [3.05, 3.63) is 101 Å². The number of hydrogen-bond donors (Lipinski definition) is 1. The van der Waals surface area contributed by atoms with Crippen molar-refractivity contribution >= 4 is 11.7 Å². The minimum absolute atomic E-state index is 0.000106. The third kappa shape index (κ3) is 5.02. The van der Waals surface area contributed by atoms with E-state index in [2.05, 4.69) is 0 Å². The van der Waals surface area contributed by atoms with Gasteiger partial charge in [-0.15, -0.1) is 0 Å². The van der Waals surface area contributed by atoms with E-state index in [9.17, 15) is 14.7 Å². The SMILES string of the molecule is CC(C)N(C(=O)[C@@H](C)c1cccc(C(=O)c2ccccc2)c1)[C@@H](C)c1ccc(O)cc1. The number of ketones is 1. The molecular weight excluding hydrogens is 386 g/mol. The van der Waals surface area contributed by atoms with Crippen molar-refractivity contribution in [3.8, 4) is 5.75 Å².